The molecule has 0 aliphatic rings. The Morgan fingerprint density at radius 1 is 1.33 bits per heavy atom. The SMILES string of the molecule is Cc1ccc(CNCCCN(C)CC(F)(F)F)o1. The van der Waals surface area contributed by atoms with Gasteiger partial charge in [-0.15, -0.1) is 0 Å². The van der Waals surface area contributed by atoms with Crippen molar-refractivity contribution in [2.24, 2.45) is 0 Å². The van der Waals surface area contributed by atoms with Gasteiger partial charge in [-0.1, -0.05) is 0 Å². The number of furan rings is 1. The lowest BCUT2D eigenvalue weighted by Crippen LogP contribution is -2.32. The molecule has 0 radical (unpaired) electrons. The van der Waals surface area contributed by atoms with Gasteiger partial charge in [-0.3, -0.25) is 4.90 Å². The van der Waals surface area contributed by atoms with Crippen LogP contribution in [0.5, 0.6) is 0 Å². The van der Waals surface area contributed by atoms with Gasteiger partial charge < -0.3 is 9.73 Å². The van der Waals surface area contributed by atoms with Crippen LogP contribution in [0, 0.1) is 6.92 Å². The van der Waals surface area contributed by atoms with E-state index in [9.17, 15) is 13.2 Å². The Hall–Kier alpha value is -1.01. The maximum atomic E-state index is 12.0. The van der Waals surface area contributed by atoms with E-state index in [0.717, 1.165) is 11.5 Å². The summed E-state index contributed by atoms with van der Waals surface area (Å²) in [5, 5.41) is 3.13. The number of aryl methyl sites for hydroxylation is 1. The Balaban J connectivity index is 2.05. The Morgan fingerprint density at radius 3 is 2.61 bits per heavy atom. The minimum absolute atomic E-state index is 0.420. The first-order chi connectivity index (χ1) is 8.37. The highest BCUT2D eigenvalue weighted by Crippen LogP contribution is 2.15. The quantitative estimate of drug-likeness (QED) is 0.767. The number of alkyl halides is 3. The highest BCUT2D eigenvalue weighted by atomic mass is 19.4. The minimum Gasteiger partial charge on any atom is -0.465 e. The minimum atomic E-state index is -4.12. The highest BCUT2D eigenvalue weighted by molar-refractivity contribution is 5.04. The molecule has 6 heteroatoms. The van der Waals surface area contributed by atoms with Crippen LogP contribution >= 0.6 is 0 Å². The van der Waals surface area contributed by atoms with Crippen molar-refractivity contribution in [3.63, 3.8) is 0 Å². The third-order valence-electron chi connectivity index (χ3n) is 2.44. The maximum Gasteiger partial charge on any atom is 0.401 e. The van der Waals surface area contributed by atoms with E-state index in [1.807, 2.05) is 19.1 Å². The van der Waals surface area contributed by atoms with Gasteiger partial charge in [-0.25, -0.2) is 0 Å². The topological polar surface area (TPSA) is 28.4 Å². The molecular weight excluding hydrogens is 245 g/mol. The molecule has 0 saturated carbocycles. The largest absolute Gasteiger partial charge is 0.465 e. The molecule has 0 bridgehead atoms. The number of halogens is 3. The molecule has 1 N–H and O–H groups in total. The van der Waals surface area contributed by atoms with Crippen LogP contribution in [0.25, 0.3) is 0 Å². The fraction of sp³-hybridized carbons (Fsp3) is 0.667. The van der Waals surface area contributed by atoms with Crippen molar-refractivity contribution in [2.75, 3.05) is 26.7 Å². The molecule has 0 saturated heterocycles. The molecule has 104 valence electrons. The third kappa shape index (κ3) is 6.66. The van der Waals surface area contributed by atoms with Gasteiger partial charge >= 0.3 is 6.18 Å². The molecule has 1 rings (SSSR count). The molecule has 0 spiro atoms. The lowest BCUT2D eigenvalue weighted by molar-refractivity contribution is -0.143. The number of rotatable bonds is 7. The predicted octanol–water partition coefficient (Wildman–Crippen LogP) is 2.56. The van der Waals surface area contributed by atoms with E-state index in [2.05, 4.69) is 5.32 Å². The van der Waals surface area contributed by atoms with Crippen molar-refractivity contribution in [1.29, 1.82) is 0 Å². The number of hydrogen-bond acceptors (Lipinski definition) is 3. The molecular formula is C12H19F3N2O. The normalized spacial score (nSPS) is 12.3. The zero-order chi connectivity index (χ0) is 13.6. The Kier molecular flexibility index (Phi) is 5.68. The second-order valence-corrected chi connectivity index (χ2v) is 4.40. The van der Waals surface area contributed by atoms with Gasteiger partial charge in [0, 0.05) is 0 Å². The van der Waals surface area contributed by atoms with Crippen molar-refractivity contribution < 1.29 is 17.6 Å². The van der Waals surface area contributed by atoms with Crippen molar-refractivity contribution in [2.45, 2.75) is 26.1 Å². The van der Waals surface area contributed by atoms with Crippen LogP contribution in [-0.4, -0.2) is 37.8 Å². The molecule has 0 aliphatic heterocycles. The molecule has 0 aliphatic carbocycles. The van der Waals surface area contributed by atoms with Crippen molar-refractivity contribution in [3.8, 4) is 0 Å². The van der Waals surface area contributed by atoms with Crippen molar-refractivity contribution in [3.05, 3.63) is 23.7 Å². The summed E-state index contributed by atoms with van der Waals surface area (Å²) in [6.07, 6.45) is -3.44. The van der Waals surface area contributed by atoms with E-state index in [4.69, 9.17) is 4.42 Å². The van der Waals surface area contributed by atoms with E-state index in [-0.39, 0.29) is 0 Å². The average Bonchev–Trinajstić information content (AvgIpc) is 2.61. The van der Waals surface area contributed by atoms with Crippen LogP contribution in [0.1, 0.15) is 17.9 Å². The van der Waals surface area contributed by atoms with Crippen molar-refractivity contribution in [1.82, 2.24) is 10.2 Å². The smallest absolute Gasteiger partial charge is 0.401 e. The molecule has 0 aromatic carbocycles. The zero-order valence-electron chi connectivity index (χ0n) is 10.7. The number of nitrogens with one attached hydrogen (secondary N) is 1. The summed E-state index contributed by atoms with van der Waals surface area (Å²) >= 11 is 0. The fourth-order valence-electron chi connectivity index (χ4n) is 1.65. The van der Waals surface area contributed by atoms with Gasteiger partial charge in [0.1, 0.15) is 11.5 Å². The molecule has 18 heavy (non-hydrogen) atoms. The van der Waals surface area contributed by atoms with Crippen LogP contribution in [0.3, 0.4) is 0 Å². The maximum absolute atomic E-state index is 12.0. The van der Waals surface area contributed by atoms with Gasteiger partial charge in [-0.2, -0.15) is 13.2 Å². The van der Waals surface area contributed by atoms with Gasteiger partial charge in [0.25, 0.3) is 0 Å². The molecule has 1 heterocycles. The zero-order valence-corrected chi connectivity index (χ0v) is 10.7. The first-order valence-electron chi connectivity index (χ1n) is 5.88. The van der Waals surface area contributed by atoms with Gasteiger partial charge in [-0.05, 0) is 45.6 Å². The molecule has 0 amide bonds. The second-order valence-electron chi connectivity index (χ2n) is 4.40. The Bertz CT molecular complexity index is 349. The fourth-order valence-corrected chi connectivity index (χ4v) is 1.65. The Labute approximate surface area is 105 Å². The van der Waals surface area contributed by atoms with Crippen LogP contribution in [-0.2, 0) is 6.54 Å². The molecule has 0 unspecified atom stereocenters. The predicted molar refractivity (Wildman–Crippen MR) is 63.3 cm³/mol. The second kappa shape index (κ2) is 6.80. The summed E-state index contributed by atoms with van der Waals surface area (Å²) in [6, 6.07) is 3.77. The van der Waals surface area contributed by atoms with Crippen LogP contribution in [0.15, 0.2) is 16.5 Å². The number of hydrogen-bond donors (Lipinski definition) is 1. The summed E-state index contributed by atoms with van der Waals surface area (Å²) in [4.78, 5) is 1.28. The van der Waals surface area contributed by atoms with Gasteiger partial charge in [0.05, 0.1) is 13.1 Å². The van der Waals surface area contributed by atoms with Crippen LogP contribution in [0.4, 0.5) is 13.2 Å². The monoisotopic (exact) mass is 264 g/mol. The van der Waals surface area contributed by atoms with Gasteiger partial charge in [0.2, 0.25) is 0 Å². The van der Waals surface area contributed by atoms with Gasteiger partial charge in [0.15, 0.2) is 0 Å². The van der Waals surface area contributed by atoms with Crippen LogP contribution < -0.4 is 5.32 Å². The van der Waals surface area contributed by atoms with E-state index in [0.29, 0.717) is 26.1 Å². The summed E-state index contributed by atoms with van der Waals surface area (Å²) in [5.74, 6) is 1.70. The summed E-state index contributed by atoms with van der Waals surface area (Å²) in [5.41, 5.74) is 0. The molecule has 3 nitrogen and oxygen atoms in total. The molecule has 1 aromatic heterocycles. The summed E-state index contributed by atoms with van der Waals surface area (Å²) < 4.78 is 41.5. The molecule has 0 fully saturated rings. The lowest BCUT2D eigenvalue weighted by Gasteiger charge is -2.18. The number of nitrogens with zero attached hydrogens (tertiary/aromatic N) is 1. The standard InChI is InChI=1S/C12H19F3N2O/c1-10-4-5-11(18-10)8-16-6-3-7-17(2)9-12(13,14)15/h4-5,16H,3,6-9H2,1-2H3. The highest BCUT2D eigenvalue weighted by Gasteiger charge is 2.28. The third-order valence-corrected chi connectivity index (χ3v) is 2.44. The lowest BCUT2D eigenvalue weighted by atomic mass is 10.3. The van der Waals surface area contributed by atoms with Crippen LogP contribution in [0.2, 0.25) is 0 Å². The van der Waals surface area contributed by atoms with E-state index in [1.54, 1.807) is 0 Å². The van der Waals surface area contributed by atoms with E-state index in [1.165, 1.54) is 11.9 Å². The van der Waals surface area contributed by atoms with E-state index < -0.39 is 12.7 Å². The Morgan fingerprint density at radius 2 is 2.06 bits per heavy atom. The van der Waals surface area contributed by atoms with Crippen molar-refractivity contribution >= 4 is 0 Å². The van der Waals surface area contributed by atoms with E-state index >= 15 is 0 Å². The average molecular weight is 264 g/mol. The first-order valence-corrected chi connectivity index (χ1v) is 5.88. The molecule has 0 atom stereocenters. The summed E-state index contributed by atoms with van der Waals surface area (Å²) in [6.45, 7) is 2.71. The molecule has 1 aromatic rings. The first kappa shape index (κ1) is 15.0. The summed E-state index contributed by atoms with van der Waals surface area (Å²) in [7, 11) is 1.48.